The lowest BCUT2D eigenvalue weighted by molar-refractivity contribution is -0.142. The number of aromatic nitrogens is 1. The highest BCUT2D eigenvalue weighted by molar-refractivity contribution is 9.11. The standard InChI is InChI=1S/C10H12BrNO4S/c1-3-15-7(13)5-6-8(9(14)16-4-2)17-10(11)12-6/h3-5H2,1-2H3. The summed E-state index contributed by atoms with van der Waals surface area (Å²) in [6, 6.07) is 0. The van der Waals surface area contributed by atoms with Crippen LogP contribution in [0.2, 0.25) is 0 Å². The Balaban J connectivity index is 2.84. The van der Waals surface area contributed by atoms with E-state index in [2.05, 4.69) is 20.9 Å². The molecule has 0 aliphatic heterocycles. The Morgan fingerprint density at radius 3 is 2.53 bits per heavy atom. The predicted octanol–water partition coefficient (Wildman–Crippen LogP) is 2.19. The molecule has 5 nitrogen and oxygen atoms in total. The molecule has 0 radical (unpaired) electrons. The normalized spacial score (nSPS) is 10.1. The van der Waals surface area contributed by atoms with Crippen LogP contribution in [0.25, 0.3) is 0 Å². The monoisotopic (exact) mass is 321 g/mol. The topological polar surface area (TPSA) is 65.5 Å². The Morgan fingerprint density at radius 1 is 1.29 bits per heavy atom. The molecule has 0 aliphatic rings. The number of ether oxygens (including phenoxy) is 2. The van der Waals surface area contributed by atoms with Crippen molar-refractivity contribution < 1.29 is 19.1 Å². The zero-order chi connectivity index (χ0) is 12.8. The van der Waals surface area contributed by atoms with Crippen LogP contribution in [0.4, 0.5) is 0 Å². The third-order valence-electron chi connectivity index (χ3n) is 1.75. The van der Waals surface area contributed by atoms with E-state index >= 15 is 0 Å². The summed E-state index contributed by atoms with van der Waals surface area (Å²) in [6.07, 6.45) is -0.0237. The quantitative estimate of drug-likeness (QED) is 0.778. The molecule has 0 bridgehead atoms. The first-order valence-corrected chi connectivity index (χ1v) is 6.67. The molecular formula is C10H12BrNO4S. The molecule has 1 aromatic rings. The van der Waals surface area contributed by atoms with Crippen molar-refractivity contribution in [1.29, 1.82) is 0 Å². The number of hydrogen-bond donors (Lipinski definition) is 0. The Labute approximate surface area is 111 Å². The fraction of sp³-hybridized carbons (Fsp3) is 0.500. The summed E-state index contributed by atoms with van der Waals surface area (Å²) in [5.74, 6) is -0.870. The minimum atomic E-state index is -0.463. The van der Waals surface area contributed by atoms with Crippen molar-refractivity contribution in [3.8, 4) is 0 Å². The highest BCUT2D eigenvalue weighted by Gasteiger charge is 2.20. The summed E-state index contributed by atoms with van der Waals surface area (Å²) in [7, 11) is 0. The first kappa shape index (κ1) is 14.1. The molecule has 1 rings (SSSR count). The van der Waals surface area contributed by atoms with Gasteiger partial charge in [-0.3, -0.25) is 4.79 Å². The van der Waals surface area contributed by atoms with E-state index in [9.17, 15) is 9.59 Å². The minimum Gasteiger partial charge on any atom is -0.466 e. The smallest absolute Gasteiger partial charge is 0.350 e. The van der Waals surface area contributed by atoms with Crippen LogP contribution in [-0.4, -0.2) is 30.1 Å². The molecule has 0 fully saturated rings. The third-order valence-corrected chi connectivity index (χ3v) is 3.28. The molecule has 0 aromatic carbocycles. The molecule has 0 saturated carbocycles. The number of rotatable bonds is 5. The lowest BCUT2D eigenvalue weighted by atomic mass is 10.3. The van der Waals surface area contributed by atoms with Gasteiger partial charge >= 0.3 is 11.9 Å². The van der Waals surface area contributed by atoms with Crippen LogP contribution in [0, 0.1) is 0 Å². The molecule has 1 aromatic heterocycles. The maximum atomic E-state index is 11.6. The molecule has 17 heavy (non-hydrogen) atoms. The van der Waals surface area contributed by atoms with E-state index in [1.54, 1.807) is 13.8 Å². The summed E-state index contributed by atoms with van der Waals surface area (Å²) < 4.78 is 10.2. The van der Waals surface area contributed by atoms with Gasteiger partial charge in [-0.15, -0.1) is 0 Å². The van der Waals surface area contributed by atoms with Crippen molar-refractivity contribution >= 4 is 39.2 Å². The van der Waals surface area contributed by atoms with Crippen molar-refractivity contribution in [3.05, 3.63) is 14.5 Å². The van der Waals surface area contributed by atoms with Gasteiger partial charge in [-0.2, -0.15) is 0 Å². The summed E-state index contributed by atoms with van der Waals surface area (Å²) in [5.41, 5.74) is 0.388. The molecule has 0 spiro atoms. The van der Waals surface area contributed by atoms with Crippen LogP contribution >= 0.6 is 27.3 Å². The largest absolute Gasteiger partial charge is 0.466 e. The van der Waals surface area contributed by atoms with Crippen molar-refractivity contribution in [1.82, 2.24) is 4.98 Å². The van der Waals surface area contributed by atoms with Crippen LogP contribution in [0.1, 0.15) is 29.2 Å². The first-order valence-electron chi connectivity index (χ1n) is 5.06. The van der Waals surface area contributed by atoms with Crippen molar-refractivity contribution in [2.75, 3.05) is 13.2 Å². The van der Waals surface area contributed by atoms with Crippen molar-refractivity contribution in [2.24, 2.45) is 0 Å². The van der Waals surface area contributed by atoms with E-state index in [1.165, 1.54) is 0 Å². The molecule has 0 amide bonds. The van der Waals surface area contributed by atoms with Crippen LogP contribution in [0.5, 0.6) is 0 Å². The maximum Gasteiger partial charge on any atom is 0.350 e. The molecule has 0 unspecified atom stereocenters. The van der Waals surface area contributed by atoms with Gasteiger partial charge in [0.2, 0.25) is 0 Å². The number of thiazole rings is 1. The van der Waals surface area contributed by atoms with Crippen LogP contribution in [0.15, 0.2) is 3.92 Å². The number of halogens is 1. The van der Waals surface area contributed by atoms with E-state index in [4.69, 9.17) is 9.47 Å². The van der Waals surface area contributed by atoms with E-state index in [0.717, 1.165) is 11.3 Å². The average Bonchev–Trinajstić information content (AvgIpc) is 2.60. The molecule has 0 N–H and O–H groups in total. The molecule has 1 heterocycles. The van der Waals surface area contributed by atoms with E-state index in [-0.39, 0.29) is 13.0 Å². The van der Waals surface area contributed by atoms with Gasteiger partial charge in [0, 0.05) is 0 Å². The zero-order valence-electron chi connectivity index (χ0n) is 9.49. The number of hydrogen-bond acceptors (Lipinski definition) is 6. The number of carbonyl (C=O) groups excluding carboxylic acids is 2. The van der Waals surface area contributed by atoms with Crippen molar-refractivity contribution in [3.63, 3.8) is 0 Å². The van der Waals surface area contributed by atoms with Gasteiger partial charge in [0.25, 0.3) is 0 Å². The Kier molecular flexibility index (Phi) is 5.57. The second kappa shape index (κ2) is 6.70. The van der Waals surface area contributed by atoms with Crippen molar-refractivity contribution in [2.45, 2.75) is 20.3 Å². The highest BCUT2D eigenvalue weighted by atomic mass is 79.9. The van der Waals surface area contributed by atoms with Crippen LogP contribution < -0.4 is 0 Å². The molecule has 0 atom stereocenters. The summed E-state index contributed by atoms with van der Waals surface area (Å²) in [5, 5.41) is 0. The van der Waals surface area contributed by atoms with E-state index in [0.29, 0.717) is 21.1 Å². The number of esters is 2. The molecular weight excluding hydrogens is 310 g/mol. The van der Waals surface area contributed by atoms with E-state index < -0.39 is 11.9 Å². The second-order valence-corrected chi connectivity index (χ2v) is 5.22. The summed E-state index contributed by atoms with van der Waals surface area (Å²) in [4.78, 5) is 27.3. The highest BCUT2D eigenvalue weighted by Crippen LogP contribution is 2.24. The Morgan fingerprint density at radius 2 is 1.94 bits per heavy atom. The summed E-state index contributed by atoms with van der Waals surface area (Å²) in [6.45, 7) is 4.03. The van der Waals surface area contributed by atoms with Gasteiger partial charge in [0.15, 0.2) is 3.92 Å². The summed E-state index contributed by atoms with van der Waals surface area (Å²) >= 11 is 4.32. The SMILES string of the molecule is CCOC(=O)Cc1nc(Br)sc1C(=O)OCC. The van der Waals surface area contributed by atoms with Gasteiger partial charge in [-0.1, -0.05) is 11.3 Å². The predicted molar refractivity (Wildman–Crippen MR) is 66.1 cm³/mol. The molecule has 0 saturated heterocycles. The van der Waals surface area contributed by atoms with Gasteiger partial charge in [-0.25, -0.2) is 9.78 Å². The van der Waals surface area contributed by atoms with Crippen LogP contribution in [-0.2, 0) is 20.7 Å². The van der Waals surface area contributed by atoms with Gasteiger partial charge in [0.1, 0.15) is 4.88 Å². The minimum absolute atomic E-state index is 0.0237. The molecule has 0 aliphatic carbocycles. The average molecular weight is 322 g/mol. The number of carbonyl (C=O) groups is 2. The lowest BCUT2D eigenvalue weighted by Crippen LogP contribution is -2.12. The fourth-order valence-electron chi connectivity index (χ4n) is 1.15. The Bertz CT molecular complexity index is 418. The molecule has 94 valence electrons. The van der Waals surface area contributed by atoms with Crippen LogP contribution in [0.3, 0.4) is 0 Å². The lowest BCUT2D eigenvalue weighted by Gasteiger charge is -2.02. The maximum absolute atomic E-state index is 11.6. The second-order valence-electron chi connectivity index (χ2n) is 2.94. The third kappa shape index (κ3) is 4.08. The van der Waals surface area contributed by atoms with Gasteiger partial charge < -0.3 is 9.47 Å². The fourth-order valence-corrected chi connectivity index (χ4v) is 2.55. The zero-order valence-corrected chi connectivity index (χ0v) is 11.9. The molecule has 7 heteroatoms. The number of nitrogens with zero attached hydrogens (tertiary/aromatic N) is 1. The Hall–Kier alpha value is -0.950. The van der Waals surface area contributed by atoms with Gasteiger partial charge in [0.05, 0.1) is 25.3 Å². The van der Waals surface area contributed by atoms with E-state index in [1.807, 2.05) is 0 Å². The van der Waals surface area contributed by atoms with Gasteiger partial charge in [-0.05, 0) is 29.8 Å². The first-order chi connectivity index (χ1) is 8.08.